The van der Waals surface area contributed by atoms with Crippen LogP contribution in [0.5, 0.6) is 5.75 Å². The van der Waals surface area contributed by atoms with E-state index in [1.165, 1.54) is 43.0 Å². The fourth-order valence-corrected chi connectivity index (χ4v) is 11.5. The molecule has 210 valence electrons. The van der Waals surface area contributed by atoms with Gasteiger partial charge in [0.1, 0.15) is 23.7 Å². The van der Waals surface area contributed by atoms with Crippen LogP contribution in [0, 0.1) is 0 Å². The third-order valence-corrected chi connectivity index (χ3v) is 13.6. The average Bonchev–Trinajstić information content (AvgIpc) is 3.83. The SMILES string of the molecule is CC1(C)C2=C(Oc3c(P(c4ccccc4)c4ccccc4)cccc31)C(P(c1ccccc1)c1ccccc1)=CC1OC21. The zero-order valence-electron chi connectivity index (χ0n) is 24.2. The van der Waals surface area contributed by atoms with E-state index in [2.05, 4.69) is 159 Å². The maximum atomic E-state index is 7.32. The van der Waals surface area contributed by atoms with Crippen molar-refractivity contribution in [3.8, 4) is 5.75 Å². The smallest absolute Gasteiger partial charge is 0.139 e. The van der Waals surface area contributed by atoms with Crippen LogP contribution in [0.1, 0.15) is 19.4 Å². The number of hydrogen-bond acceptors (Lipinski definition) is 2. The molecule has 0 spiro atoms. The Labute approximate surface area is 256 Å². The molecule has 2 aliphatic heterocycles. The highest BCUT2D eigenvalue weighted by molar-refractivity contribution is 7.80. The monoisotopic (exact) mass is 594 g/mol. The molecular formula is C39H32O2P2. The van der Waals surface area contributed by atoms with Crippen molar-refractivity contribution in [2.75, 3.05) is 0 Å². The first-order valence-corrected chi connectivity index (χ1v) is 17.5. The minimum absolute atomic E-state index is 0.0683. The predicted octanol–water partition coefficient (Wildman–Crippen LogP) is 7.17. The summed E-state index contributed by atoms with van der Waals surface area (Å²) >= 11 is 0. The molecule has 2 heterocycles. The van der Waals surface area contributed by atoms with Gasteiger partial charge in [-0.05, 0) is 43.1 Å². The highest BCUT2D eigenvalue weighted by atomic mass is 31.1. The summed E-state index contributed by atoms with van der Waals surface area (Å²) in [6.45, 7) is 4.71. The van der Waals surface area contributed by atoms with E-state index in [1.54, 1.807) is 0 Å². The summed E-state index contributed by atoms with van der Waals surface area (Å²) in [5, 5.41) is 7.79. The summed E-state index contributed by atoms with van der Waals surface area (Å²) in [6, 6.07) is 50.4. The first-order valence-electron chi connectivity index (χ1n) is 14.9. The van der Waals surface area contributed by atoms with E-state index in [9.17, 15) is 0 Å². The topological polar surface area (TPSA) is 21.8 Å². The lowest BCUT2D eigenvalue weighted by Gasteiger charge is -2.40. The van der Waals surface area contributed by atoms with E-state index in [0.29, 0.717) is 0 Å². The van der Waals surface area contributed by atoms with Crippen LogP contribution in [0.4, 0.5) is 0 Å². The molecule has 0 aromatic heterocycles. The molecule has 2 nitrogen and oxygen atoms in total. The lowest BCUT2D eigenvalue weighted by Crippen LogP contribution is -2.36. The van der Waals surface area contributed by atoms with Gasteiger partial charge in [0.2, 0.25) is 0 Å². The van der Waals surface area contributed by atoms with Crippen LogP contribution in [0.3, 0.4) is 0 Å². The van der Waals surface area contributed by atoms with Crippen molar-refractivity contribution >= 4 is 42.4 Å². The van der Waals surface area contributed by atoms with Gasteiger partial charge in [-0.3, -0.25) is 0 Å². The summed E-state index contributed by atoms with van der Waals surface area (Å²) in [6.07, 6.45) is 2.53. The van der Waals surface area contributed by atoms with Crippen LogP contribution in [0.25, 0.3) is 0 Å². The molecular weight excluding hydrogens is 562 g/mol. The van der Waals surface area contributed by atoms with Gasteiger partial charge in [0.05, 0.1) is 0 Å². The van der Waals surface area contributed by atoms with Gasteiger partial charge in [0.25, 0.3) is 0 Å². The highest BCUT2D eigenvalue weighted by Gasteiger charge is 2.55. The Balaban J connectivity index is 1.33. The molecule has 0 amide bonds. The number of hydrogen-bond donors (Lipinski definition) is 0. The van der Waals surface area contributed by atoms with Crippen molar-refractivity contribution < 1.29 is 9.47 Å². The molecule has 0 N–H and O–H groups in total. The van der Waals surface area contributed by atoms with Crippen molar-refractivity contribution in [2.24, 2.45) is 0 Å². The largest absolute Gasteiger partial charge is 0.456 e. The van der Waals surface area contributed by atoms with Gasteiger partial charge in [0.15, 0.2) is 0 Å². The molecule has 43 heavy (non-hydrogen) atoms. The van der Waals surface area contributed by atoms with Crippen molar-refractivity contribution in [1.82, 2.24) is 0 Å². The van der Waals surface area contributed by atoms with E-state index in [1.807, 2.05) is 0 Å². The summed E-state index contributed by atoms with van der Waals surface area (Å²) in [5.74, 6) is 2.02. The Morgan fingerprint density at radius 2 is 1.05 bits per heavy atom. The summed E-state index contributed by atoms with van der Waals surface area (Å²) in [5.41, 5.74) is 2.27. The maximum Gasteiger partial charge on any atom is 0.139 e. The van der Waals surface area contributed by atoms with Crippen LogP contribution in [0.15, 0.2) is 162 Å². The van der Waals surface area contributed by atoms with Gasteiger partial charge in [-0.1, -0.05) is 153 Å². The number of epoxide rings is 1. The molecule has 5 aromatic carbocycles. The molecule has 1 fully saturated rings. The third kappa shape index (κ3) is 4.61. The first-order chi connectivity index (χ1) is 21.1. The number of benzene rings is 5. The molecule has 0 saturated carbocycles. The van der Waals surface area contributed by atoms with Crippen LogP contribution < -0.4 is 31.3 Å². The van der Waals surface area contributed by atoms with Gasteiger partial charge in [0, 0.05) is 27.2 Å². The zero-order chi connectivity index (χ0) is 29.0. The lowest BCUT2D eigenvalue weighted by molar-refractivity contribution is 0.347. The van der Waals surface area contributed by atoms with E-state index < -0.39 is 15.8 Å². The first kappa shape index (κ1) is 26.8. The van der Waals surface area contributed by atoms with Gasteiger partial charge in [-0.15, -0.1) is 0 Å². The molecule has 3 aliphatic rings. The third-order valence-electron chi connectivity index (χ3n) is 8.69. The van der Waals surface area contributed by atoms with E-state index in [4.69, 9.17) is 9.47 Å². The molecule has 1 saturated heterocycles. The van der Waals surface area contributed by atoms with E-state index >= 15 is 0 Å². The second kappa shape index (κ2) is 10.7. The number of para-hydroxylation sites is 1. The summed E-state index contributed by atoms with van der Waals surface area (Å²) in [4.78, 5) is 0. The second-order valence-electron chi connectivity index (χ2n) is 11.7. The van der Waals surface area contributed by atoms with E-state index in [0.717, 1.165) is 11.5 Å². The number of rotatable bonds is 6. The molecule has 0 bridgehead atoms. The van der Waals surface area contributed by atoms with E-state index in [-0.39, 0.29) is 17.6 Å². The Hall–Kier alpha value is -3.80. The fourth-order valence-electron chi connectivity index (χ4n) is 6.61. The average molecular weight is 595 g/mol. The second-order valence-corrected chi connectivity index (χ2v) is 16.1. The molecule has 4 heteroatoms. The number of allylic oxidation sites excluding steroid dienone is 1. The normalized spacial score (nSPS) is 19.7. The van der Waals surface area contributed by atoms with Crippen molar-refractivity contribution in [3.63, 3.8) is 0 Å². The predicted molar refractivity (Wildman–Crippen MR) is 182 cm³/mol. The number of fused-ring (bicyclic) bond motifs is 3. The Morgan fingerprint density at radius 3 is 1.56 bits per heavy atom. The standard InChI is InChI=1S/C39H32O2P2/c1-39(2)31-24-15-25-33(42(27-16-7-3-8-17-27)28-18-9-4-10-19-28)36(31)41-38-34(26-32-37(40-32)35(38)39)43(29-20-11-5-12-21-29)30-22-13-6-14-23-30/h3-26,32,37H,1-2H3. The number of ether oxygens (including phenoxy) is 2. The Kier molecular flexibility index (Phi) is 6.69. The van der Waals surface area contributed by atoms with Gasteiger partial charge >= 0.3 is 0 Å². The minimum atomic E-state index is -0.852. The molecule has 5 aromatic rings. The van der Waals surface area contributed by atoms with Gasteiger partial charge in [-0.2, -0.15) is 0 Å². The molecule has 2 unspecified atom stereocenters. The van der Waals surface area contributed by atoms with Crippen LogP contribution >= 0.6 is 15.8 Å². The van der Waals surface area contributed by atoms with Gasteiger partial charge < -0.3 is 9.47 Å². The van der Waals surface area contributed by atoms with Gasteiger partial charge in [-0.25, -0.2) is 0 Å². The quantitative estimate of drug-likeness (QED) is 0.154. The zero-order valence-corrected chi connectivity index (χ0v) is 26.0. The Morgan fingerprint density at radius 1 is 0.558 bits per heavy atom. The van der Waals surface area contributed by atoms with Crippen LogP contribution in [-0.2, 0) is 10.2 Å². The minimum Gasteiger partial charge on any atom is -0.456 e. The molecule has 1 aliphatic carbocycles. The maximum absolute atomic E-state index is 7.32. The summed E-state index contributed by atoms with van der Waals surface area (Å²) < 4.78 is 13.7. The molecule has 0 radical (unpaired) electrons. The Bertz CT molecular complexity index is 1770. The van der Waals surface area contributed by atoms with Crippen molar-refractivity contribution in [2.45, 2.75) is 31.5 Å². The van der Waals surface area contributed by atoms with Crippen molar-refractivity contribution in [3.05, 3.63) is 168 Å². The molecule has 8 rings (SSSR count). The van der Waals surface area contributed by atoms with Crippen LogP contribution in [-0.4, -0.2) is 12.2 Å². The lowest BCUT2D eigenvalue weighted by atomic mass is 9.72. The highest BCUT2D eigenvalue weighted by Crippen LogP contribution is 2.60. The fraction of sp³-hybridized carbons (Fsp3) is 0.128. The molecule has 2 atom stereocenters. The summed E-state index contributed by atoms with van der Waals surface area (Å²) in [7, 11) is -1.69. The van der Waals surface area contributed by atoms with Crippen LogP contribution in [0.2, 0.25) is 0 Å². The van der Waals surface area contributed by atoms with Crippen molar-refractivity contribution in [1.29, 1.82) is 0 Å².